The molecule has 0 atom stereocenters. The minimum Gasteiger partial charge on any atom is -0.325 e. The first kappa shape index (κ1) is 22.8. The van der Waals surface area contributed by atoms with E-state index in [0.29, 0.717) is 17.0 Å². The van der Waals surface area contributed by atoms with Crippen LogP contribution in [0.5, 0.6) is 0 Å². The van der Waals surface area contributed by atoms with E-state index in [2.05, 4.69) is 10.4 Å². The highest BCUT2D eigenvalue weighted by molar-refractivity contribution is 8.14. The molecule has 1 N–H and O–H groups in total. The number of alkyl halides is 3. The van der Waals surface area contributed by atoms with Crippen LogP contribution in [0.2, 0.25) is 0 Å². The van der Waals surface area contributed by atoms with Gasteiger partial charge >= 0.3 is 11.4 Å². The SMILES string of the molecule is CN(C)CC(=O)Nc1cccc(CN2N=C(c3cccc(C(F)(F)F)c3)CSC2=O)c1. The van der Waals surface area contributed by atoms with Gasteiger partial charge in [0.15, 0.2) is 0 Å². The molecule has 0 saturated carbocycles. The minimum absolute atomic E-state index is 0.131. The van der Waals surface area contributed by atoms with Gasteiger partial charge in [0.25, 0.3) is 0 Å². The molecule has 6 nitrogen and oxygen atoms in total. The molecule has 1 heterocycles. The van der Waals surface area contributed by atoms with Crippen molar-refractivity contribution < 1.29 is 22.8 Å². The van der Waals surface area contributed by atoms with Crippen LogP contribution in [0.4, 0.5) is 23.7 Å². The van der Waals surface area contributed by atoms with E-state index < -0.39 is 11.7 Å². The average molecular weight is 450 g/mol. The molecular formula is C21H21F3N4O2S. The number of amides is 2. The van der Waals surface area contributed by atoms with E-state index in [1.165, 1.54) is 11.1 Å². The van der Waals surface area contributed by atoms with Gasteiger partial charge in [-0.1, -0.05) is 36.0 Å². The molecule has 0 spiro atoms. The summed E-state index contributed by atoms with van der Waals surface area (Å²) in [4.78, 5) is 26.0. The van der Waals surface area contributed by atoms with Gasteiger partial charge in [0, 0.05) is 11.4 Å². The summed E-state index contributed by atoms with van der Waals surface area (Å²) < 4.78 is 39.1. The molecule has 0 bridgehead atoms. The smallest absolute Gasteiger partial charge is 0.325 e. The van der Waals surface area contributed by atoms with Gasteiger partial charge in [-0.2, -0.15) is 18.3 Å². The van der Waals surface area contributed by atoms with E-state index in [9.17, 15) is 22.8 Å². The predicted molar refractivity (Wildman–Crippen MR) is 115 cm³/mol. The van der Waals surface area contributed by atoms with Crippen LogP contribution in [-0.4, -0.2) is 53.2 Å². The molecule has 1 aliphatic rings. The summed E-state index contributed by atoms with van der Waals surface area (Å²) in [5.41, 5.74) is 1.27. The van der Waals surface area contributed by atoms with Gasteiger partial charge < -0.3 is 10.2 Å². The highest BCUT2D eigenvalue weighted by Gasteiger charge is 2.31. The quantitative estimate of drug-likeness (QED) is 0.714. The molecule has 1 aliphatic heterocycles. The first-order chi connectivity index (χ1) is 14.6. The van der Waals surface area contributed by atoms with Gasteiger partial charge in [-0.15, -0.1) is 0 Å². The molecule has 0 fully saturated rings. The maximum Gasteiger partial charge on any atom is 0.416 e. The molecule has 10 heteroatoms. The lowest BCUT2D eigenvalue weighted by Crippen LogP contribution is -2.29. The Kier molecular flexibility index (Phi) is 7.01. The van der Waals surface area contributed by atoms with E-state index in [0.717, 1.165) is 29.5 Å². The molecule has 0 unspecified atom stereocenters. The number of rotatable bonds is 6. The van der Waals surface area contributed by atoms with Crippen LogP contribution in [0, 0.1) is 0 Å². The molecule has 164 valence electrons. The average Bonchev–Trinajstić information content (AvgIpc) is 2.69. The number of nitrogens with zero attached hydrogens (tertiary/aromatic N) is 3. The Morgan fingerprint density at radius 2 is 1.94 bits per heavy atom. The van der Waals surface area contributed by atoms with E-state index in [1.54, 1.807) is 49.3 Å². The first-order valence-electron chi connectivity index (χ1n) is 9.35. The van der Waals surface area contributed by atoms with Gasteiger partial charge in [0.05, 0.1) is 24.4 Å². The zero-order chi connectivity index (χ0) is 22.6. The molecule has 2 aromatic carbocycles. The number of likely N-dealkylation sites (N-methyl/N-ethyl adjacent to an activating group) is 1. The normalized spacial score (nSPS) is 14.6. The van der Waals surface area contributed by atoms with Crippen molar-refractivity contribution in [2.75, 3.05) is 31.7 Å². The lowest BCUT2D eigenvalue weighted by atomic mass is 10.1. The van der Waals surface area contributed by atoms with Gasteiger partial charge in [-0.05, 0) is 49.5 Å². The Morgan fingerprint density at radius 3 is 2.65 bits per heavy atom. The number of carbonyl (C=O) groups excluding carboxylic acids is 2. The number of nitrogens with one attached hydrogen (secondary N) is 1. The minimum atomic E-state index is -4.45. The van der Waals surface area contributed by atoms with Crippen molar-refractivity contribution in [3.05, 3.63) is 65.2 Å². The van der Waals surface area contributed by atoms with Crippen LogP contribution in [0.1, 0.15) is 16.7 Å². The molecule has 3 rings (SSSR count). The number of hydrazone groups is 1. The summed E-state index contributed by atoms with van der Waals surface area (Å²) in [7, 11) is 3.57. The van der Waals surface area contributed by atoms with Gasteiger partial charge in [-0.3, -0.25) is 9.59 Å². The van der Waals surface area contributed by atoms with Crippen LogP contribution in [0.15, 0.2) is 53.6 Å². The molecule has 2 aromatic rings. The molecule has 0 aliphatic carbocycles. The predicted octanol–water partition coefficient (Wildman–Crippen LogP) is 4.28. The van der Waals surface area contributed by atoms with Crippen molar-refractivity contribution >= 4 is 34.3 Å². The summed E-state index contributed by atoms with van der Waals surface area (Å²) in [5.74, 6) is 0.0219. The number of thioether (sulfide) groups is 1. The van der Waals surface area contributed by atoms with Crippen molar-refractivity contribution in [1.29, 1.82) is 0 Å². The zero-order valence-corrected chi connectivity index (χ0v) is 17.8. The standard InChI is InChI=1S/C21H21F3N4O2S/c1-27(2)12-19(29)25-17-8-3-5-14(9-17)11-28-20(30)31-13-18(26-28)15-6-4-7-16(10-15)21(22,23)24/h3-10H,11-13H2,1-2H3,(H,25,29). The van der Waals surface area contributed by atoms with Crippen LogP contribution < -0.4 is 5.32 Å². The summed E-state index contributed by atoms with van der Waals surface area (Å²) in [5, 5.41) is 8.02. The Bertz CT molecular complexity index is 1010. The van der Waals surface area contributed by atoms with Crippen molar-refractivity contribution in [2.24, 2.45) is 5.10 Å². The van der Waals surface area contributed by atoms with E-state index >= 15 is 0 Å². The number of benzene rings is 2. The van der Waals surface area contributed by atoms with E-state index in [1.807, 2.05) is 0 Å². The van der Waals surface area contributed by atoms with E-state index in [-0.39, 0.29) is 30.0 Å². The first-order valence-corrected chi connectivity index (χ1v) is 10.3. The molecule has 2 amide bonds. The highest BCUT2D eigenvalue weighted by atomic mass is 32.2. The van der Waals surface area contributed by atoms with Crippen molar-refractivity contribution in [1.82, 2.24) is 9.91 Å². The van der Waals surface area contributed by atoms with Crippen molar-refractivity contribution in [3.63, 3.8) is 0 Å². The van der Waals surface area contributed by atoms with Gasteiger partial charge in [0.2, 0.25) is 5.91 Å². The number of hydrogen-bond acceptors (Lipinski definition) is 5. The maximum absolute atomic E-state index is 13.0. The van der Waals surface area contributed by atoms with Gasteiger partial charge in [-0.25, -0.2) is 5.01 Å². The summed E-state index contributed by atoms with van der Waals surface area (Å²) in [6.45, 7) is 0.363. The number of carbonyl (C=O) groups is 2. The van der Waals surface area contributed by atoms with Crippen LogP contribution >= 0.6 is 11.8 Å². The van der Waals surface area contributed by atoms with Crippen LogP contribution in [0.25, 0.3) is 0 Å². The summed E-state index contributed by atoms with van der Waals surface area (Å²) >= 11 is 0.983. The molecule has 31 heavy (non-hydrogen) atoms. The largest absolute Gasteiger partial charge is 0.416 e. The fourth-order valence-electron chi connectivity index (χ4n) is 2.94. The Balaban J connectivity index is 1.78. The maximum atomic E-state index is 13.0. The van der Waals surface area contributed by atoms with Gasteiger partial charge in [0.1, 0.15) is 0 Å². The zero-order valence-electron chi connectivity index (χ0n) is 16.9. The molecular weight excluding hydrogens is 429 g/mol. The van der Waals surface area contributed by atoms with Crippen LogP contribution in [0.3, 0.4) is 0 Å². The fourth-order valence-corrected chi connectivity index (χ4v) is 3.68. The number of anilines is 1. The lowest BCUT2D eigenvalue weighted by Gasteiger charge is -2.23. The third kappa shape index (κ3) is 6.31. The topological polar surface area (TPSA) is 65.0 Å². The van der Waals surface area contributed by atoms with E-state index in [4.69, 9.17) is 0 Å². The van der Waals surface area contributed by atoms with Crippen LogP contribution in [-0.2, 0) is 17.5 Å². The molecule has 0 radical (unpaired) electrons. The third-order valence-corrected chi connectivity index (χ3v) is 5.19. The Morgan fingerprint density at radius 1 is 1.19 bits per heavy atom. The van der Waals surface area contributed by atoms with Crippen molar-refractivity contribution in [3.8, 4) is 0 Å². The highest BCUT2D eigenvalue weighted by Crippen LogP contribution is 2.30. The monoisotopic (exact) mass is 450 g/mol. The lowest BCUT2D eigenvalue weighted by molar-refractivity contribution is -0.137. The Labute approximate surface area is 182 Å². The number of hydrogen-bond donors (Lipinski definition) is 1. The fraction of sp³-hybridized carbons (Fsp3) is 0.286. The molecule has 0 aromatic heterocycles. The second-order valence-electron chi connectivity index (χ2n) is 7.22. The third-order valence-electron chi connectivity index (χ3n) is 4.31. The second-order valence-corrected chi connectivity index (χ2v) is 8.15. The summed E-state index contributed by atoms with van der Waals surface area (Å²) in [6.07, 6.45) is -4.45. The van der Waals surface area contributed by atoms with Crippen molar-refractivity contribution in [2.45, 2.75) is 12.7 Å². The number of halogens is 3. The second kappa shape index (κ2) is 9.52. The Hall–Kier alpha value is -2.85. The molecule has 0 saturated heterocycles. The summed E-state index contributed by atoms with van der Waals surface area (Å²) in [6, 6.07) is 11.9.